The van der Waals surface area contributed by atoms with Crippen LogP contribution in [0.1, 0.15) is 57.8 Å². The smallest absolute Gasteiger partial charge is 0.0846 e. The van der Waals surface area contributed by atoms with Gasteiger partial charge in [0.15, 0.2) is 0 Å². The minimum absolute atomic E-state index is 0.191. The Labute approximate surface area is 135 Å². The molecule has 0 saturated carbocycles. The number of allylic oxidation sites excluding steroid dienone is 3. The van der Waals surface area contributed by atoms with Crippen LogP contribution in [-0.4, -0.2) is 5.11 Å². The van der Waals surface area contributed by atoms with Crippen molar-refractivity contribution in [3.63, 3.8) is 0 Å². The Hall–Kier alpha value is -1.34. The van der Waals surface area contributed by atoms with E-state index >= 15 is 0 Å². The summed E-state index contributed by atoms with van der Waals surface area (Å²) in [5, 5.41) is 11.0. The molecule has 1 unspecified atom stereocenters. The van der Waals surface area contributed by atoms with Crippen LogP contribution in [-0.2, 0) is 0 Å². The van der Waals surface area contributed by atoms with Crippen molar-refractivity contribution in [1.29, 1.82) is 0 Å². The first-order valence-electron chi connectivity index (χ1n) is 8.30. The van der Waals surface area contributed by atoms with Gasteiger partial charge in [0.2, 0.25) is 0 Å². The molecular weight excluding hydrogens is 268 g/mol. The van der Waals surface area contributed by atoms with Crippen molar-refractivity contribution in [2.45, 2.75) is 53.6 Å². The summed E-state index contributed by atoms with van der Waals surface area (Å²) in [6, 6.07) is 8.27. The summed E-state index contributed by atoms with van der Waals surface area (Å²) in [4.78, 5) is 0. The van der Waals surface area contributed by atoms with Crippen LogP contribution in [0.2, 0.25) is 0 Å². The number of benzene rings is 1. The Morgan fingerprint density at radius 2 is 1.82 bits per heavy atom. The third-order valence-corrected chi connectivity index (χ3v) is 5.49. The van der Waals surface area contributed by atoms with Crippen molar-refractivity contribution < 1.29 is 5.11 Å². The van der Waals surface area contributed by atoms with E-state index in [1.807, 2.05) is 0 Å². The molecule has 0 heterocycles. The molecule has 1 aromatic carbocycles. The van der Waals surface area contributed by atoms with E-state index in [-0.39, 0.29) is 5.41 Å². The van der Waals surface area contributed by atoms with Gasteiger partial charge in [-0.1, -0.05) is 67.5 Å². The summed E-state index contributed by atoms with van der Waals surface area (Å²) in [6.45, 7) is 14.9. The maximum atomic E-state index is 11.0. The van der Waals surface area contributed by atoms with Gasteiger partial charge in [-0.3, -0.25) is 0 Å². The van der Waals surface area contributed by atoms with Gasteiger partial charge in [0, 0.05) is 5.41 Å². The highest BCUT2D eigenvalue weighted by Crippen LogP contribution is 2.49. The van der Waals surface area contributed by atoms with E-state index in [1.165, 1.54) is 16.7 Å². The van der Waals surface area contributed by atoms with E-state index in [0.717, 1.165) is 18.4 Å². The Morgan fingerprint density at radius 3 is 2.36 bits per heavy atom. The number of aliphatic hydroxyl groups is 1. The summed E-state index contributed by atoms with van der Waals surface area (Å²) in [5.41, 5.74) is 4.72. The van der Waals surface area contributed by atoms with Crippen LogP contribution in [0.5, 0.6) is 0 Å². The number of hydrogen-bond acceptors (Lipinski definition) is 1. The lowest BCUT2D eigenvalue weighted by molar-refractivity contribution is 0.00754. The summed E-state index contributed by atoms with van der Waals surface area (Å²) >= 11 is 0. The Balaban J connectivity index is 2.27. The summed E-state index contributed by atoms with van der Waals surface area (Å²) in [5.74, 6) is 0.928. The molecule has 0 amide bonds. The van der Waals surface area contributed by atoms with Crippen LogP contribution < -0.4 is 0 Å². The zero-order chi connectivity index (χ0) is 16.5. The van der Waals surface area contributed by atoms with E-state index in [4.69, 9.17) is 0 Å². The van der Waals surface area contributed by atoms with Crippen molar-refractivity contribution in [2.24, 2.45) is 17.3 Å². The maximum absolute atomic E-state index is 11.0. The lowest BCUT2D eigenvalue weighted by Crippen LogP contribution is -2.35. The second-order valence-corrected chi connectivity index (χ2v) is 7.65. The van der Waals surface area contributed by atoms with Gasteiger partial charge < -0.3 is 5.11 Å². The first-order valence-corrected chi connectivity index (χ1v) is 8.30. The Bertz CT molecular complexity index is 562. The molecule has 0 radical (unpaired) electrons. The minimum Gasteiger partial charge on any atom is -0.388 e. The van der Waals surface area contributed by atoms with Crippen LogP contribution in [0.25, 0.3) is 0 Å². The van der Waals surface area contributed by atoms with Crippen molar-refractivity contribution in [3.05, 3.63) is 59.2 Å². The molecule has 120 valence electrons. The van der Waals surface area contributed by atoms with Gasteiger partial charge >= 0.3 is 0 Å². The van der Waals surface area contributed by atoms with Gasteiger partial charge in [0.25, 0.3) is 0 Å². The monoisotopic (exact) mass is 298 g/mol. The number of aliphatic hydroxyl groups excluding tert-OH is 1. The van der Waals surface area contributed by atoms with Crippen molar-refractivity contribution >= 4 is 0 Å². The second-order valence-electron chi connectivity index (χ2n) is 7.65. The Morgan fingerprint density at radius 1 is 1.23 bits per heavy atom. The molecule has 0 spiro atoms. The molecule has 1 nitrogen and oxygen atoms in total. The molecule has 1 aliphatic carbocycles. The average molecular weight is 298 g/mol. The highest BCUT2D eigenvalue weighted by Gasteiger charge is 2.40. The van der Waals surface area contributed by atoms with Crippen LogP contribution >= 0.6 is 0 Å². The number of hydrogen-bond donors (Lipinski definition) is 1. The predicted molar refractivity (Wildman–Crippen MR) is 94.7 cm³/mol. The molecule has 2 rings (SSSR count). The molecule has 1 aliphatic rings. The molecule has 1 aromatic rings. The zero-order valence-corrected chi connectivity index (χ0v) is 14.7. The molecule has 0 aromatic heterocycles. The van der Waals surface area contributed by atoms with E-state index in [0.29, 0.717) is 11.8 Å². The quantitative estimate of drug-likeness (QED) is 0.717. The van der Waals surface area contributed by atoms with E-state index in [1.54, 1.807) is 0 Å². The van der Waals surface area contributed by atoms with Gasteiger partial charge in [0.1, 0.15) is 0 Å². The number of rotatable bonds is 4. The van der Waals surface area contributed by atoms with Gasteiger partial charge in [0.05, 0.1) is 6.10 Å². The lowest BCUT2D eigenvalue weighted by Gasteiger charge is -2.43. The summed E-state index contributed by atoms with van der Waals surface area (Å²) in [7, 11) is 0. The van der Waals surface area contributed by atoms with Gasteiger partial charge in [-0.25, -0.2) is 0 Å². The molecule has 0 fully saturated rings. The highest BCUT2D eigenvalue weighted by atomic mass is 16.3. The fourth-order valence-corrected chi connectivity index (χ4v) is 3.70. The molecular formula is C21H30O. The third-order valence-electron chi connectivity index (χ3n) is 5.49. The normalized spacial score (nSPS) is 23.8. The standard InChI is InChI=1S/C21H30O/c1-14(2)18-12-9-16(4)19(13-18)21(5,6)20(22)17-10-7-15(3)8-11-17/h7-11,18-20,22H,1,12-13H2,2-6H3/t18-,19-,20?/m0/s1. The van der Waals surface area contributed by atoms with E-state index in [2.05, 4.69) is 71.5 Å². The molecule has 3 atom stereocenters. The summed E-state index contributed by atoms with van der Waals surface area (Å²) in [6.07, 6.45) is 4.07. The largest absolute Gasteiger partial charge is 0.388 e. The van der Waals surface area contributed by atoms with Gasteiger partial charge in [-0.05, 0) is 51.0 Å². The molecule has 0 bridgehead atoms. The van der Waals surface area contributed by atoms with Crippen LogP contribution in [0.15, 0.2) is 48.1 Å². The van der Waals surface area contributed by atoms with E-state index < -0.39 is 6.10 Å². The molecule has 1 heteroatoms. The first kappa shape index (κ1) is 17.0. The van der Waals surface area contributed by atoms with Crippen LogP contribution in [0.3, 0.4) is 0 Å². The first-order chi connectivity index (χ1) is 10.2. The topological polar surface area (TPSA) is 20.2 Å². The minimum atomic E-state index is -0.453. The van der Waals surface area contributed by atoms with Crippen molar-refractivity contribution in [2.75, 3.05) is 0 Å². The van der Waals surface area contributed by atoms with E-state index in [9.17, 15) is 5.11 Å². The molecule has 0 aliphatic heterocycles. The van der Waals surface area contributed by atoms with Gasteiger partial charge in [-0.2, -0.15) is 0 Å². The fraction of sp³-hybridized carbons (Fsp3) is 0.524. The van der Waals surface area contributed by atoms with Crippen LogP contribution in [0.4, 0.5) is 0 Å². The highest BCUT2D eigenvalue weighted by molar-refractivity contribution is 5.26. The SMILES string of the molecule is C=C(C)[C@H]1CC=C(C)[C@@H](C(C)(C)C(O)c2ccc(C)cc2)C1. The lowest BCUT2D eigenvalue weighted by atomic mass is 9.63. The zero-order valence-electron chi connectivity index (χ0n) is 14.7. The van der Waals surface area contributed by atoms with Crippen molar-refractivity contribution in [1.82, 2.24) is 0 Å². The molecule has 22 heavy (non-hydrogen) atoms. The average Bonchev–Trinajstić information content (AvgIpc) is 2.47. The fourth-order valence-electron chi connectivity index (χ4n) is 3.70. The number of aryl methyl sites for hydroxylation is 1. The molecule has 1 N–H and O–H groups in total. The van der Waals surface area contributed by atoms with Gasteiger partial charge in [-0.15, -0.1) is 0 Å². The molecule has 0 saturated heterocycles. The summed E-state index contributed by atoms with van der Waals surface area (Å²) < 4.78 is 0. The predicted octanol–water partition coefficient (Wildman–Crippen LogP) is 5.60. The second kappa shape index (κ2) is 6.42. The van der Waals surface area contributed by atoms with Crippen LogP contribution in [0, 0.1) is 24.2 Å². The van der Waals surface area contributed by atoms with Crippen molar-refractivity contribution in [3.8, 4) is 0 Å². The third kappa shape index (κ3) is 3.35. The Kier molecular flexibility index (Phi) is 4.97. The maximum Gasteiger partial charge on any atom is 0.0846 e.